The average Bonchev–Trinajstić information content (AvgIpc) is 3.18. The Morgan fingerprint density at radius 2 is 2.00 bits per heavy atom. The van der Waals surface area contributed by atoms with E-state index in [2.05, 4.69) is 22.0 Å². The van der Waals surface area contributed by atoms with E-state index in [-0.39, 0.29) is 5.97 Å². The van der Waals surface area contributed by atoms with Gasteiger partial charge in [0.1, 0.15) is 23.8 Å². The second-order valence-corrected chi connectivity index (χ2v) is 9.37. The Labute approximate surface area is 201 Å². The lowest BCUT2D eigenvalue weighted by Crippen LogP contribution is -2.46. The molecule has 1 aliphatic rings. The van der Waals surface area contributed by atoms with Crippen molar-refractivity contribution in [3.63, 3.8) is 0 Å². The molecule has 0 spiro atoms. The summed E-state index contributed by atoms with van der Waals surface area (Å²) in [5.41, 5.74) is 3.63. The highest BCUT2D eigenvalue weighted by Crippen LogP contribution is 2.32. The molecule has 0 N–H and O–H groups in total. The second-order valence-electron chi connectivity index (χ2n) is 9.37. The molecule has 2 aromatic carbocycles. The van der Waals surface area contributed by atoms with Crippen LogP contribution in [0.4, 0.5) is 0 Å². The predicted molar refractivity (Wildman–Crippen MR) is 131 cm³/mol. The summed E-state index contributed by atoms with van der Waals surface area (Å²) in [5.74, 6) is 2.09. The van der Waals surface area contributed by atoms with E-state index >= 15 is 0 Å². The highest BCUT2D eigenvalue weighted by atomic mass is 16.5. The van der Waals surface area contributed by atoms with Gasteiger partial charge in [0.2, 0.25) is 5.89 Å². The molecule has 6 heteroatoms. The zero-order valence-electron chi connectivity index (χ0n) is 20.6. The third kappa shape index (κ3) is 5.50. The summed E-state index contributed by atoms with van der Waals surface area (Å²) in [6.07, 6.45) is 1.85. The summed E-state index contributed by atoms with van der Waals surface area (Å²) >= 11 is 0. The first-order valence-electron chi connectivity index (χ1n) is 12.0. The van der Waals surface area contributed by atoms with Gasteiger partial charge in [-0.15, -0.1) is 0 Å². The van der Waals surface area contributed by atoms with E-state index in [0.717, 1.165) is 59.8 Å². The van der Waals surface area contributed by atoms with Gasteiger partial charge in [-0.25, -0.2) is 4.98 Å². The van der Waals surface area contributed by atoms with E-state index < -0.39 is 5.41 Å². The molecule has 6 nitrogen and oxygen atoms in total. The number of hydrogen-bond donors (Lipinski definition) is 0. The third-order valence-electron chi connectivity index (χ3n) is 6.49. The monoisotopic (exact) mass is 462 g/mol. The number of esters is 1. The number of hydrogen-bond acceptors (Lipinski definition) is 6. The Hall–Kier alpha value is -3.12. The Balaban J connectivity index is 1.39. The number of nitrogens with zero attached hydrogens (tertiary/aromatic N) is 2. The number of piperidine rings is 1. The number of oxazole rings is 1. The van der Waals surface area contributed by atoms with Crippen LogP contribution in [0.3, 0.4) is 0 Å². The first-order valence-corrected chi connectivity index (χ1v) is 12.0. The summed E-state index contributed by atoms with van der Waals surface area (Å²) in [7, 11) is 0. The number of aromatic nitrogens is 1. The first-order chi connectivity index (χ1) is 16.4. The Kier molecular flexibility index (Phi) is 7.37. The van der Waals surface area contributed by atoms with Crippen LogP contribution in [0.15, 0.2) is 52.9 Å². The standard InChI is InChI=1S/C28H34N2O4/c1-5-32-27(31)28(4)14-9-15-30(19-28)17-22-11-8-12-23(16-22)33-18-25-21(3)34-26(29-25)24-13-7-6-10-20(24)2/h6-8,10-13,16H,5,9,14-15,17-19H2,1-4H3. The van der Waals surface area contributed by atoms with Crippen LogP contribution in [0.1, 0.15) is 49.3 Å². The van der Waals surface area contributed by atoms with Crippen molar-refractivity contribution in [2.75, 3.05) is 19.7 Å². The van der Waals surface area contributed by atoms with Gasteiger partial charge in [-0.1, -0.05) is 30.3 Å². The lowest BCUT2D eigenvalue weighted by Gasteiger charge is -2.38. The van der Waals surface area contributed by atoms with Crippen molar-refractivity contribution in [2.45, 2.75) is 53.7 Å². The highest BCUT2D eigenvalue weighted by Gasteiger charge is 2.39. The number of rotatable bonds is 8. The van der Waals surface area contributed by atoms with Crippen LogP contribution in [-0.2, 0) is 22.7 Å². The van der Waals surface area contributed by atoms with Gasteiger partial charge in [-0.3, -0.25) is 9.69 Å². The molecule has 34 heavy (non-hydrogen) atoms. The smallest absolute Gasteiger partial charge is 0.313 e. The maximum absolute atomic E-state index is 12.4. The molecule has 1 unspecified atom stereocenters. The number of carbonyl (C=O) groups excluding carboxylic acids is 1. The second kappa shape index (κ2) is 10.4. The van der Waals surface area contributed by atoms with Crippen molar-refractivity contribution in [3.8, 4) is 17.2 Å². The van der Waals surface area contributed by atoms with Crippen molar-refractivity contribution in [1.82, 2.24) is 9.88 Å². The zero-order valence-corrected chi connectivity index (χ0v) is 20.6. The summed E-state index contributed by atoms with van der Waals surface area (Å²) in [5, 5.41) is 0. The Morgan fingerprint density at radius 1 is 1.18 bits per heavy atom. The van der Waals surface area contributed by atoms with Crippen LogP contribution in [0, 0.1) is 19.3 Å². The molecule has 1 aromatic heterocycles. The Morgan fingerprint density at radius 3 is 2.79 bits per heavy atom. The molecule has 180 valence electrons. The number of carbonyl (C=O) groups is 1. The van der Waals surface area contributed by atoms with E-state index in [9.17, 15) is 4.79 Å². The van der Waals surface area contributed by atoms with Crippen molar-refractivity contribution in [2.24, 2.45) is 5.41 Å². The lowest BCUT2D eigenvalue weighted by atomic mass is 9.82. The Bertz CT molecular complexity index is 1140. The van der Waals surface area contributed by atoms with E-state index in [1.807, 2.05) is 64.1 Å². The molecule has 0 amide bonds. The molecule has 4 rings (SSSR count). The topological polar surface area (TPSA) is 64.8 Å². The van der Waals surface area contributed by atoms with Gasteiger partial charge in [0.15, 0.2) is 0 Å². The molecule has 0 radical (unpaired) electrons. The molecular formula is C28H34N2O4. The van der Waals surface area contributed by atoms with Crippen LogP contribution >= 0.6 is 0 Å². The van der Waals surface area contributed by atoms with Crippen molar-refractivity contribution in [3.05, 3.63) is 71.1 Å². The van der Waals surface area contributed by atoms with E-state index in [1.54, 1.807) is 0 Å². The first kappa shape index (κ1) is 24.0. The minimum atomic E-state index is -0.443. The quantitative estimate of drug-likeness (QED) is 0.400. The van der Waals surface area contributed by atoms with Gasteiger partial charge in [0.25, 0.3) is 0 Å². The van der Waals surface area contributed by atoms with Crippen LogP contribution < -0.4 is 4.74 Å². The number of ether oxygens (including phenoxy) is 2. The summed E-state index contributed by atoms with van der Waals surface area (Å²) < 4.78 is 17.3. The minimum absolute atomic E-state index is 0.0927. The fourth-order valence-corrected chi connectivity index (χ4v) is 4.58. The van der Waals surface area contributed by atoms with Gasteiger partial charge in [0, 0.05) is 18.7 Å². The van der Waals surface area contributed by atoms with E-state index in [4.69, 9.17) is 13.9 Å². The minimum Gasteiger partial charge on any atom is -0.487 e. The fraction of sp³-hybridized carbons (Fsp3) is 0.429. The molecule has 3 aromatic rings. The van der Waals surface area contributed by atoms with E-state index in [1.165, 1.54) is 0 Å². The van der Waals surface area contributed by atoms with Crippen LogP contribution in [0.2, 0.25) is 0 Å². The molecule has 0 bridgehead atoms. The number of aryl methyl sites for hydroxylation is 2. The van der Waals surface area contributed by atoms with E-state index in [0.29, 0.717) is 25.6 Å². The third-order valence-corrected chi connectivity index (χ3v) is 6.49. The van der Waals surface area contributed by atoms with Crippen LogP contribution in [-0.4, -0.2) is 35.5 Å². The van der Waals surface area contributed by atoms with Gasteiger partial charge < -0.3 is 13.9 Å². The number of likely N-dealkylation sites (tertiary alicyclic amines) is 1. The average molecular weight is 463 g/mol. The maximum Gasteiger partial charge on any atom is 0.313 e. The molecule has 0 aliphatic carbocycles. The van der Waals surface area contributed by atoms with Crippen molar-refractivity contribution in [1.29, 1.82) is 0 Å². The summed E-state index contributed by atoms with van der Waals surface area (Å²) in [6.45, 7) is 11.1. The van der Waals surface area contributed by atoms with Crippen LogP contribution in [0.25, 0.3) is 11.5 Å². The molecule has 1 aliphatic heterocycles. The highest BCUT2D eigenvalue weighted by molar-refractivity contribution is 5.76. The van der Waals surface area contributed by atoms with Crippen LogP contribution in [0.5, 0.6) is 5.75 Å². The molecule has 1 saturated heterocycles. The SMILES string of the molecule is CCOC(=O)C1(C)CCCN(Cc2cccc(OCc3nc(-c4ccccc4C)oc3C)c2)C1. The maximum atomic E-state index is 12.4. The van der Waals surface area contributed by atoms with Gasteiger partial charge >= 0.3 is 5.97 Å². The van der Waals surface area contributed by atoms with Crippen molar-refractivity contribution < 1.29 is 18.7 Å². The van der Waals surface area contributed by atoms with Gasteiger partial charge in [-0.05, 0) is 76.4 Å². The summed E-state index contributed by atoms with van der Waals surface area (Å²) in [4.78, 5) is 19.5. The van der Waals surface area contributed by atoms with Gasteiger partial charge in [0.05, 0.1) is 12.0 Å². The largest absolute Gasteiger partial charge is 0.487 e. The van der Waals surface area contributed by atoms with Gasteiger partial charge in [-0.2, -0.15) is 0 Å². The predicted octanol–water partition coefficient (Wildman–Crippen LogP) is 5.70. The molecule has 0 saturated carbocycles. The molecular weight excluding hydrogens is 428 g/mol. The zero-order chi connectivity index (χ0) is 24.1. The fourth-order valence-electron chi connectivity index (χ4n) is 4.58. The lowest BCUT2D eigenvalue weighted by molar-refractivity contribution is -0.157. The van der Waals surface area contributed by atoms with Crippen molar-refractivity contribution >= 4 is 5.97 Å². The normalized spacial score (nSPS) is 18.6. The molecule has 1 atom stereocenters. The molecule has 1 fully saturated rings. The molecule has 2 heterocycles. The summed E-state index contributed by atoms with van der Waals surface area (Å²) in [6, 6.07) is 16.2. The number of benzene rings is 2.